The highest BCUT2D eigenvalue weighted by Crippen LogP contribution is 2.21. The lowest BCUT2D eigenvalue weighted by Crippen LogP contribution is -2.01. The maximum Gasteiger partial charge on any atom is 0.231 e. The molecule has 0 bridgehead atoms. The summed E-state index contributed by atoms with van der Waals surface area (Å²) in [6.45, 7) is 0. The number of hydrogen-bond donors (Lipinski definition) is 1. The van der Waals surface area contributed by atoms with Gasteiger partial charge in [0.1, 0.15) is 12.1 Å². The van der Waals surface area contributed by atoms with Crippen molar-refractivity contribution < 1.29 is 4.74 Å². The van der Waals surface area contributed by atoms with Crippen molar-refractivity contribution in [3.05, 3.63) is 42.0 Å². The molecule has 0 unspecified atom stereocenters. The largest absolute Gasteiger partial charge is 0.481 e. The first-order valence-corrected chi connectivity index (χ1v) is 6.74. The number of anilines is 2. The third-order valence-electron chi connectivity index (χ3n) is 2.49. The van der Waals surface area contributed by atoms with Gasteiger partial charge in [-0.1, -0.05) is 12.1 Å². The fraction of sp³-hybridized carbons (Fsp3) is 0.0769. The third-order valence-corrected chi connectivity index (χ3v) is 3.35. The molecule has 3 rings (SSSR count). The number of ether oxygens (including phenoxy) is 1. The number of hydrogen-bond acceptors (Lipinski definition) is 7. The van der Waals surface area contributed by atoms with Gasteiger partial charge in [-0.3, -0.25) is 0 Å². The van der Waals surface area contributed by atoms with Gasteiger partial charge in [-0.2, -0.15) is 9.97 Å². The molecule has 0 atom stereocenters. The molecule has 0 amide bonds. The summed E-state index contributed by atoms with van der Waals surface area (Å²) in [6.07, 6.45) is 1.48. The molecule has 1 N–H and O–H groups in total. The molecule has 3 heterocycles. The van der Waals surface area contributed by atoms with Crippen LogP contribution in [0.2, 0.25) is 0 Å². The highest BCUT2D eigenvalue weighted by molar-refractivity contribution is 7.13. The molecule has 6 nitrogen and oxygen atoms in total. The van der Waals surface area contributed by atoms with Crippen molar-refractivity contribution in [1.29, 1.82) is 0 Å². The van der Waals surface area contributed by atoms with E-state index in [1.54, 1.807) is 24.5 Å². The minimum atomic E-state index is 0.448. The Morgan fingerprint density at radius 3 is 2.85 bits per heavy atom. The Kier molecular flexibility index (Phi) is 3.51. The maximum atomic E-state index is 5.07. The van der Waals surface area contributed by atoms with E-state index in [9.17, 15) is 0 Å². The lowest BCUT2D eigenvalue weighted by molar-refractivity contribution is 0.398. The van der Waals surface area contributed by atoms with Crippen molar-refractivity contribution >= 4 is 23.1 Å². The molecule has 7 heteroatoms. The van der Waals surface area contributed by atoms with Gasteiger partial charge in [-0.25, -0.2) is 9.97 Å². The second-order valence-corrected chi connectivity index (χ2v) is 4.75. The maximum absolute atomic E-state index is 5.07. The Balaban J connectivity index is 1.85. The lowest BCUT2D eigenvalue weighted by atomic mass is 10.4. The monoisotopic (exact) mass is 285 g/mol. The predicted octanol–water partition coefficient (Wildman–Crippen LogP) is 2.75. The number of aromatic nitrogens is 4. The van der Waals surface area contributed by atoms with Crippen LogP contribution in [0.25, 0.3) is 10.7 Å². The summed E-state index contributed by atoms with van der Waals surface area (Å²) in [5.74, 6) is 2.24. The summed E-state index contributed by atoms with van der Waals surface area (Å²) in [6, 6.07) is 9.36. The molecular formula is C13H11N5OS. The van der Waals surface area contributed by atoms with Crippen molar-refractivity contribution in [2.24, 2.45) is 0 Å². The van der Waals surface area contributed by atoms with E-state index in [2.05, 4.69) is 25.3 Å². The number of rotatable bonds is 4. The van der Waals surface area contributed by atoms with E-state index in [1.807, 2.05) is 29.6 Å². The Hall–Kier alpha value is -2.54. The first-order valence-electron chi connectivity index (χ1n) is 5.86. The van der Waals surface area contributed by atoms with Crippen LogP contribution in [-0.4, -0.2) is 27.0 Å². The van der Waals surface area contributed by atoms with E-state index in [0.717, 1.165) is 4.88 Å². The standard InChI is InChI=1S/C13H11N5OS/c1-19-11-6-2-5-10(16-11)17-13-15-8-14-12(18-13)9-4-3-7-20-9/h2-8H,1H3,(H,14,15,16,17,18). The average Bonchev–Trinajstić information content (AvgIpc) is 3.02. The van der Waals surface area contributed by atoms with Crippen molar-refractivity contribution in [2.45, 2.75) is 0 Å². The van der Waals surface area contributed by atoms with Gasteiger partial charge < -0.3 is 10.1 Å². The summed E-state index contributed by atoms with van der Waals surface area (Å²) in [4.78, 5) is 17.9. The molecule has 3 aromatic heterocycles. The highest BCUT2D eigenvalue weighted by atomic mass is 32.1. The Morgan fingerprint density at radius 1 is 1.10 bits per heavy atom. The van der Waals surface area contributed by atoms with Crippen LogP contribution in [-0.2, 0) is 0 Å². The van der Waals surface area contributed by atoms with Gasteiger partial charge in [-0.05, 0) is 17.5 Å². The Morgan fingerprint density at radius 2 is 2.05 bits per heavy atom. The second kappa shape index (κ2) is 5.62. The molecule has 0 fully saturated rings. The van der Waals surface area contributed by atoms with Crippen LogP contribution in [0.3, 0.4) is 0 Å². The molecule has 0 aliphatic carbocycles. The van der Waals surface area contributed by atoms with E-state index < -0.39 is 0 Å². The lowest BCUT2D eigenvalue weighted by Gasteiger charge is -2.05. The number of thiophene rings is 1. The third kappa shape index (κ3) is 2.72. The van der Waals surface area contributed by atoms with Crippen LogP contribution in [0.1, 0.15) is 0 Å². The summed E-state index contributed by atoms with van der Waals surface area (Å²) >= 11 is 1.58. The van der Waals surface area contributed by atoms with Gasteiger partial charge >= 0.3 is 0 Å². The van der Waals surface area contributed by atoms with Crippen molar-refractivity contribution in [3.8, 4) is 16.6 Å². The highest BCUT2D eigenvalue weighted by Gasteiger charge is 2.05. The zero-order chi connectivity index (χ0) is 13.8. The van der Waals surface area contributed by atoms with Gasteiger partial charge in [0, 0.05) is 6.07 Å². The van der Waals surface area contributed by atoms with E-state index in [1.165, 1.54) is 6.33 Å². The molecule has 20 heavy (non-hydrogen) atoms. The van der Waals surface area contributed by atoms with E-state index in [-0.39, 0.29) is 0 Å². The molecule has 0 radical (unpaired) electrons. The molecule has 0 aliphatic rings. The number of methoxy groups -OCH3 is 1. The number of nitrogens with zero attached hydrogens (tertiary/aromatic N) is 4. The smallest absolute Gasteiger partial charge is 0.231 e. The fourth-order valence-corrected chi connectivity index (χ4v) is 2.26. The van der Waals surface area contributed by atoms with E-state index in [0.29, 0.717) is 23.5 Å². The van der Waals surface area contributed by atoms with Gasteiger partial charge in [0.15, 0.2) is 5.82 Å². The molecule has 0 saturated heterocycles. The molecule has 0 spiro atoms. The van der Waals surface area contributed by atoms with Gasteiger partial charge in [0.2, 0.25) is 11.8 Å². The first-order chi connectivity index (χ1) is 9.85. The van der Waals surface area contributed by atoms with Gasteiger partial charge in [-0.15, -0.1) is 11.3 Å². The van der Waals surface area contributed by atoms with Crippen LogP contribution in [0.15, 0.2) is 42.0 Å². The zero-order valence-electron chi connectivity index (χ0n) is 10.6. The van der Waals surface area contributed by atoms with Crippen molar-refractivity contribution in [1.82, 2.24) is 19.9 Å². The minimum absolute atomic E-state index is 0.448. The molecule has 0 aromatic carbocycles. The Labute approximate surface area is 119 Å². The van der Waals surface area contributed by atoms with Crippen molar-refractivity contribution in [2.75, 3.05) is 12.4 Å². The topological polar surface area (TPSA) is 72.8 Å². The molecule has 100 valence electrons. The summed E-state index contributed by atoms with van der Waals surface area (Å²) in [5, 5.41) is 5.01. The summed E-state index contributed by atoms with van der Waals surface area (Å²) in [7, 11) is 1.57. The fourth-order valence-electron chi connectivity index (χ4n) is 1.59. The summed E-state index contributed by atoms with van der Waals surface area (Å²) < 4.78 is 5.07. The average molecular weight is 285 g/mol. The predicted molar refractivity (Wildman–Crippen MR) is 77.2 cm³/mol. The van der Waals surface area contributed by atoms with Crippen molar-refractivity contribution in [3.63, 3.8) is 0 Å². The normalized spacial score (nSPS) is 10.2. The van der Waals surface area contributed by atoms with E-state index in [4.69, 9.17) is 4.74 Å². The molecule has 0 aliphatic heterocycles. The Bertz CT molecular complexity index is 701. The van der Waals surface area contributed by atoms with Crippen LogP contribution in [0.4, 0.5) is 11.8 Å². The van der Waals surface area contributed by atoms with Crippen LogP contribution < -0.4 is 10.1 Å². The quantitative estimate of drug-likeness (QED) is 0.794. The van der Waals surface area contributed by atoms with Crippen LogP contribution in [0, 0.1) is 0 Å². The number of nitrogens with one attached hydrogen (secondary N) is 1. The number of pyridine rings is 1. The molecular weight excluding hydrogens is 274 g/mol. The van der Waals surface area contributed by atoms with E-state index >= 15 is 0 Å². The second-order valence-electron chi connectivity index (χ2n) is 3.80. The minimum Gasteiger partial charge on any atom is -0.481 e. The SMILES string of the molecule is COc1cccc(Nc2ncnc(-c3cccs3)n2)n1. The van der Waals surface area contributed by atoms with Gasteiger partial charge in [0.25, 0.3) is 0 Å². The first kappa shape index (κ1) is 12.5. The molecule has 3 aromatic rings. The zero-order valence-corrected chi connectivity index (χ0v) is 11.5. The molecule has 0 saturated carbocycles. The van der Waals surface area contributed by atoms with Gasteiger partial charge in [0.05, 0.1) is 12.0 Å². The van der Waals surface area contributed by atoms with Crippen LogP contribution in [0.5, 0.6) is 5.88 Å². The van der Waals surface area contributed by atoms with Crippen LogP contribution >= 0.6 is 11.3 Å². The summed E-state index contributed by atoms with van der Waals surface area (Å²) in [5.41, 5.74) is 0.